The van der Waals surface area contributed by atoms with E-state index in [-0.39, 0.29) is 5.82 Å². The molecule has 94 valence electrons. The number of benzene rings is 1. The molecule has 4 nitrogen and oxygen atoms in total. The molecule has 1 aromatic heterocycles. The highest BCUT2D eigenvalue weighted by Gasteiger charge is 2.29. The van der Waals surface area contributed by atoms with Gasteiger partial charge in [-0.05, 0) is 43.7 Å². The second kappa shape index (κ2) is 4.49. The van der Waals surface area contributed by atoms with Gasteiger partial charge >= 0.3 is 0 Å². The van der Waals surface area contributed by atoms with Crippen molar-refractivity contribution in [3.8, 4) is 5.69 Å². The first-order chi connectivity index (χ1) is 8.78. The Kier molecular flexibility index (Phi) is 2.83. The Labute approximate surface area is 105 Å². The van der Waals surface area contributed by atoms with Crippen LogP contribution in [0.15, 0.2) is 24.3 Å². The van der Waals surface area contributed by atoms with Crippen LogP contribution < -0.4 is 5.73 Å². The number of nitrogens with zero attached hydrogens (tertiary/aromatic N) is 3. The molecule has 1 aromatic carbocycles. The summed E-state index contributed by atoms with van der Waals surface area (Å²) in [5.41, 5.74) is 6.42. The van der Waals surface area contributed by atoms with Gasteiger partial charge in [0.05, 0.1) is 5.69 Å². The minimum atomic E-state index is -0.248. The number of aromatic nitrogens is 3. The summed E-state index contributed by atoms with van der Waals surface area (Å²) in [6.07, 6.45) is 3.00. The van der Waals surface area contributed by atoms with Crippen molar-refractivity contribution in [3.63, 3.8) is 0 Å². The first-order valence-corrected chi connectivity index (χ1v) is 6.20. The summed E-state index contributed by atoms with van der Waals surface area (Å²) in [5, 5.41) is 4.52. The Morgan fingerprint density at radius 3 is 2.61 bits per heavy atom. The van der Waals surface area contributed by atoms with Crippen LogP contribution >= 0.6 is 0 Å². The van der Waals surface area contributed by atoms with E-state index in [4.69, 9.17) is 5.73 Å². The van der Waals surface area contributed by atoms with Crippen LogP contribution in [-0.4, -0.2) is 21.3 Å². The zero-order valence-electron chi connectivity index (χ0n) is 10.0. The molecule has 1 saturated carbocycles. The van der Waals surface area contributed by atoms with Gasteiger partial charge in [0.25, 0.3) is 0 Å². The summed E-state index contributed by atoms with van der Waals surface area (Å²) < 4.78 is 14.7. The second-order valence-electron chi connectivity index (χ2n) is 4.59. The van der Waals surface area contributed by atoms with Gasteiger partial charge in [-0.15, -0.1) is 0 Å². The average molecular weight is 246 g/mol. The number of nitrogens with two attached hydrogens (primary N) is 1. The Bertz CT molecular complexity index is 543. The Hall–Kier alpha value is -1.75. The number of hydrogen-bond donors (Lipinski definition) is 1. The number of rotatable bonds is 4. The predicted molar refractivity (Wildman–Crippen MR) is 66.1 cm³/mol. The molecule has 0 spiro atoms. The third-order valence-corrected chi connectivity index (χ3v) is 3.07. The number of halogens is 1. The highest BCUT2D eigenvalue weighted by molar-refractivity contribution is 5.32. The maximum Gasteiger partial charge on any atom is 0.154 e. The summed E-state index contributed by atoms with van der Waals surface area (Å²) in [6, 6.07) is 6.28. The Morgan fingerprint density at radius 1 is 1.28 bits per heavy atom. The van der Waals surface area contributed by atoms with Crippen LogP contribution in [-0.2, 0) is 6.42 Å². The van der Waals surface area contributed by atoms with E-state index in [0.29, 0.717) is 18.9 Å². The smallest absolute Gasteiger partial charge is 0.154 e. The van der Waals surface area contributed by atoms with Crippen molar-refractivity contribution in [2.75, 3.05) is 6.54 Å². The van der Waals surface area contributed by atoms with Crippen molar-refractivity contribution >= 4 is 0 Å². The summed E-state index contributed by atoms with van der Waals surface area (Å²) in [6.45, 7) is 0.532. The van der Waals surface area contributed by atoms with Crippen molar-refractivity contribution in [1.29, 1.82) is 0 Å². The molecule has 18 heavy (non-hydrogen) atoms. The van der Waals surface area contributed by atoms with Gasteiger partial charge in [0, 0.05) is 12.3 Å². The van der Waals surface area contributed by atoms with E-state index in [1.807, 2.05) is 0 Å². The molecule has 0 atom stereocenters. The fourth-order valence-electron chi connectivity index (χ4n) is 1.96. The van der Waals surface area contributed by atoms with Gasteiger partial charge in [0.15, 0.2) is 5.82 Å². The van der Waals surface area contributed by atoms with Gasteiger partial charge in [0.1, 0.15) is 11.6 Å². The van der Waals surface area contributed by atoms with Gasteiger partial charge in [0.2, 0.25) is 0 Å². The van der Waals surface area contributed by atoms with Gasteiger partial charge in [-0.3, -0.25) is 0 Å². The van der Waals surface area contributed by atoms with Crippen LogP contribution in [0.2, 0.25) is 0 Å². The highest BCUT2D eigenvalue weighted by Crippen LogP contribution is 2.38. The molecule has 2 aromatic rings. The molecule has 5 heteroatoms. The molecule has 0 aliphatic heterocycles. The van der Waals surface area contributed by atoms with E-state index in [1.54, 1.807) is 16.8 Å². The maximum atomic E-state index is 12.9. The molecule has 1 aliphatic rings. The lowest BCUT2D eigenvalue weighted by atomic mass is 10.3. The zero-order valence-corrected chi connectivity index (χ0v) is 10.0. The summed E-state index contributed by atoms with van der Waals surface area (Å²) in [5.74, 6) is 2.00. The van der Waals surface area contributed by atoms with Crippen molar-refractivity contribution < 1.29 is 4.39 Å². The van der Waals surface area contributed by atoms with Crippen LogP contribution in [0, 0.1) is 5.82 Å². The van der Waals surface area contributed by atoms with E-state index >= 15 is 0 Å². The summed E-state index contributed by atoms with van der Waals surface area (Å²) in [4.78, 5) is 4.54. The molecule has 3 rings (SSSR count). The average Bonchev–Trinajstić information content (AvgIpc) is 3.13. The quantitative estimate of drug-likeness (QED) is 0.894. The van der Waals surface area contributed by atoms with Crippen LogP contribution in [0.25, 0.3) is 5.69 Å². The van der Waals surface area contributed by atoms with Gasteiger partial charge in [-0.1, -0.05) is 0 Å². The van der Waals surface area contributed by atoms with Crippen LogP contribution in [0.3, 0.4) is 0 Å². The lowest BCUT2D eigenvalue weighted by Crippen LogP contribution is -2.09. The van der Waals surface area contributed by atoms with Crippen molar-refractivity contribution in [2.45, 2.75) is 25.2 Å². The molecule has 0 unspecified atom stereocenters. The standard InChI is InChI=1S/C13H15FN4/c14-10-3-5-11(6-4-10)18-12(7-8-15)16-13(17-18)9-1-2-9/h3-6,9H,1-2,7-8,15H2. The predicted octanol–water partition coefficient (Wildman–Crippen LogP) is 1.78. The zero-order chi connectivity index (χ0) is 12.5. The van der Waals surface area contributed by atoms with Crippen LogP contribution in [0.4, 0.5) is 4.39 Å². The topological polar surface area (TPSA) is 56.7 Å². The van der Waals surface area contributed by atoms with Gasteiger partial charge < -0.3 is 5.73 Å². The van der Waals surface area contributed by atoms with Crippen molar-refractivity contribution in [2.24, 2.45) is 5.73 Å². The number of hydrogen-bond acceptors (Lipinski definition) is 3. The lowest BCUT2D eigenvalue weighted by Gasteiger charge is -2.04. The fraction of sp³-hybridized carbons (Fsp3) is 0.385. The van der Waals surface area contributed by atoms with Crippen LogP contribution in [0.5, 0.6) is 0 Å². The monoisotopic (exact) mass is 246 g/mol. The Balaban J connectivity index is 2.00. The van der Waals surface area contributed by atoms with Gasteiger partial charge in [-0.2, -0.15) is 5.10 Å². The molecule has 1 aliphatic carbocycles. The van der Waals surface area contributed by atoms with Crippen molar-refractivity contribution in [3.05, 3.63) is 41.7 Å². The fourth-order valence-corrected chi connectivity index (χ4v) is 1.96. The summed E-state index contributed by atoms with van der Waals surface area (Å²) in [7, 11) is 0. The molecule has 1 heterocycles. The van der Waals surface area contributed by atoms with E-state index in [1.165, 1.54) is 12.1 Å². The molecule has 0 bridgehead atoms. The molecular weight excluding hydrogens is 231 g/mol. The molecule has 0 radical (unpaired) electrons. The maximum absolute atomic E-state index is 12.9. The highest BCUT2D eigenvalue weighted by atomic mass is 19.1. The first-order valence-electron chi connectivity index (χ1n) is 6.20. The normalized spacial score (nSPS) is 15.0. The molecule has 0 amide bonds. The van der Waals surface area contributed by atoms with Crippen LogP contribution in [0.1, 0.15) is 30.4 Å². The first kappa shape index (κ1) is 11.3. The Morgan fingerprint density at radius 2 is 2.00 bits per heavy atom. The third-order valence-electron chi connectivity index (χ3n) is 3.07. The van der Waals surface area contributed by atoms with E-state index in [2.05, 4.69) is 10.1 Å². The summed E-state index contributed by atoms with van der Waals surface area (Å²) >= 11 is 0. The van der Waals surface area contributed by atoms with Crippen molar-refractivity contribution in [1.82, 2.24) is 14.8 Å². The lowest BCUT2D eigenvalue weighted by molar-refractivity contribution is 0.626. The minimum Gasteiger partial charge on any atom is -0.330 e. The molecule has 0 saturated heterocycles. The largest absolute Gasteiger partial charge is 0.330 e. The van der Waals surface area contributed by atoms with E-state index in [9.17, 15) is 4.39 Å². The van der Waals surface area contributed by atoms with E-state index < -0.39 is 0 Å². The molecule has 2 N–H and O–H groups in total. The molecule has 1 fully saturated rings. The minimum absolute atomic E-state index is 0.248. The SMILES string of the molecule is NCCc1nc(C2CC2)nn1-c1ccc(F)cc1. The molecular formula is C13H15FN4. The van der Waals surface area contributed by atoms with E-state index in [0.717, 1.165) is 30.2 Å². The van der Waals surface area contributed by atoms with Gasteiger partial charge in [-0.25, -0.2) is 14.1 Å². The second-order valence-corrected chi connectivity index (χ2v) is 4.59. The third kappa shape index (κ3) is 2.13.